The van der Waals surface area contributed by atoms with Gasteiger partial charge >= 0.3 is 0 Å². The summed E-state index contributed by atoms with van der Waals surface area (Å²) < 4.78 is 0. The first-order chi connectivity index (χ1) is 10.5. The number of carbonyl (C=O) groups excluding carboxylic acids is 1. The highest BCUT2D eigenvalue weighted by Crippen LogP contribution is 2.38. The highest BCUT2D eigenvalue weighted by atomic mass is 16.1. The Morgan fingerprint density at radius 2 is 2.00 bits per heavy atom. The van der Waals surface area contributed by atoms with Gasteiger partial charge in [0.1, 0.15) is 0 Å². The molecule has 3 atom stereocenters. The molecule has 0 spiro atoms. The fraction of sp³-hybridized carbons (Fsp3) is 0.579. The monoisotopic (exact) mass is 298 g/mol. The summed E-state index contributed by atoms with van der Waals surface area (Å²) in [6.07, 6.45) is 3.40. The van der Waals surface area contributed by atoms with Gasteiger partial charge in [0.05, 0.1) is 11.6 Å². The first kappa shape index (κ1) is 16.5. The van der Waals surface area contributed by atoms with Gasteiger partial charge in [0.2, 0.25) is 5.91 Å². The van der Waals surface area contributed by atoms with Crippen LogP contribution in [0, 0.1) is 35.0 Å². The number of benzene rings is 1. The SMILES string of the molecule is CC(C)[C@@H]1CC[C@@H](C)C[C@H]1C(=O)NCc1ccc(C#N)cc1. The molecule has 0 aromatic heterocycles. The lowest BCUT2D eigenvalue weighted by molar-refractivity contribution is -0.129. The van der Waals surface area contributed by atoms with Gasteiger partial charge in [-0.25, -0.2) is 0 Å². The van der Waals surface area contributed by atoms with Crippen molar-refractivity contribution in [2.45, 2.75) is 46.6 Å². The Kier molecular flexibility index (Phi) is 5.60. The van der Waals surface area contributed by atoms with Crippen molar-refractivity contribution in [3.63, 3.8) is 0 Å². The first-order valence-electron chi connectivity index (χ1n) is 8.28. The Morgan fingerprint density at radius 3 is 2.59 bits per heavy atom. The molecule has 0 saturated heterocycles. The zero-order valence-electron chi connectivity index (χ0n) is 13.8. The van der Waals surface area contributed by atoms with E-state index >= 15 is 0 Å². The van der Waals surface area contributed by atoms with E-state index in [-0.39, 0.29) is 11.8 Å². The van der Waals surface area contributed by atoms with Crippen LogP contribution in [0.2, 0.25) is 0 Å². The summed E-state index contributed by atoms with van der Waals surface area (Å²) in [5.74, 6) is 2.02. The minimum Gasteiger partial charge on any atom is -0.352 e. The van der Waals surface area contributed by atoms with Crippen molar-refractivity contribution >= 4 is 5.91 Å². The Hall–Kier alpha value is -1.82. The number of rotatable bonds is 4. The molecule has 0 unspecified atom stereocenters. The van der Waals surface area contributed by atoms with Crippen LogP contribution in [-0.4, -0.2) is 5.91 Å². The summed E-state index contributed by atoms with van der Waals surface area (Å²) >= 11 is 0. The number of amides is 1. The molecule has 22 heavy (non-hydrogen) atoms. The van der Waals surface area contributed by atoms with Crippen molar-refractivity contribution < 1.29 is 4.79 Å². The summed E-state index contributed by atoms with van der Waals surface area (Å²) in [5, 5.41) is 11.9. The Balaban J connectivity index is 1.95. The van der Waals surface area contributed by atoms with Gasteiger partial charge in [-0.3, -0.25) is 4.79 Å². The van der Waals surface area contributed by atoms with Gasteiger partial charge in [-0.15, -0.1) is 0 Å². The number of hydrogen-bond donors (Lipinski definition) is 1. The lowest BCUT2D eigenvalue weighted by Gasteiger charge is -2.36. The third-order valence-corrected chi connectivity index (χ3v) is 4.91. The maximum atomic E-state index is 12.6. The number of nitriles is 1. The largest absolute Gasteiger partial charge is 0.352 e. The topological polar surface area (TPSA) is 52.9 Å². The molecule has 118 valence electrons. The number of nitrogens with zero attached hydrogens (tertiary/aromatic N) is 1. The van der Waals surface area contributed by atoms with E-state index in [9.17, 15) is 4.79 Å². The lowest BCUT2D eigenvalue weighted by Crippen LogP contribution is -2.39. The molecule has 0 aliphatic heterocycles. The number of nitrogens with one attached hydrogen (secondary N) is 1. The van der Waals surface area contributed by atoms with Gasteiger partial charge in [0, 0.05) is 12.5 Å². The van der Waals surface area contributed by atoms with Crippen LogP contribution in [0.3, 0.4) is 0 Å². The summed E-state index contributed by atoms with van der Waals surface area (Å²) in [4.78, 5) is 12.6. The molecule has 1 fully saturated rings. The van der Waals surface area contributed by atoms with E-state index in [2.05, 4.69) is 32.2 Å². The molecule has 3 heteroatoms. The second-order valence-electron chi connectivity index (χ2n) is 6.96. The summed E-state index contributed by atoms with van der Waals surface area (Å²) in [6.45, 7) is 7.24. The number of hydrogen-bond acceptors (Lipinski definition) is 2. The van der Waals surface area contributed by atoms with E-state index in [1.807, 2.05) is 12.1 Å². The zero-order valence-corrected chi connectivity index (χ0v) is 13.8. The Labute approximate surface area is 133 Å². The summed E-state index contributed by atoms with van der Waals surface area (Å²) in [5.41, 5.74) is 1.69. The van der Waals surface area contributed by atoms with Crippen LogP contribution < -0.4 is 5.32 Å². The minimum atomic E-state index is 0.141. The van der Waals surface area contributed by atoms with Crippen LogP contribution in [-0.2, 0) is 11.3 Å². The van der Waals surface area contributed by atoms with Gasteiger partial charge in [-0.2, -0.15) is 5.26 Å². The molecule has 1 amide bonds. The van der Waals surface area contributed by atoms with Gasteiger partial charge < -0.3 is 5.32 Å². The molecular weight excluding hydrogens is 272 g/mol. The molecule has 0 radical (unpaired) electrons. The molecule has 1 N–H and O–H groups in total. The molecule has 1 aliphatic carbocycles. The molecular formula is C19H26N2O. The Bertz CT molecular complexity index is 542. The van der Waals surface area contributed by atoms with Gasteiger partial charge in [0.25, 0.3) is 0 Å². The van der Waals surface area contributed by atoms with Gasteiger partial charge in [-0.05, 0) is 48.3 Å². The molecule has 2 rings (SSSR count). The maximum absolute atomic E-state index is 12.6. The normalized spacial score (nSPS) is 24.8. The van der Waals surface area contributed by atoms with Crippen LogP contribution >= 0.6 is 0 Å². The third-order valence-electron chi connectivity index (χ3n) is 4.91. The third kappa shape index (κ3) is 4.10. The van der Waals surface area contributed by atoms with E-state index in [1.165, 1.54) is 6.42 Å². The van der Waals surface area contributed by atoms with Crippen LogP contribution in [0.25, 0.3) is 0 Å². The van der Waals surface area contributed by atoms with Crippen LogP contribution in [0.4, 0.5) is 0 Å². The fourth-order valence-corrected chi connectivity index (χ4v) is 3.52. The quantitative estimate of drug-likeness (QED) is 0.917. The van der Waals surface area contributed by atoms with Crippen molar-refractivity contribution in [2.75, 3.05) is 0 Å². The van der Waals surface area contributed by atoms with E-state index in [0.29, 0.717) is 29.9 Å². The minimum absolute atomic E-state index is 0.141. The fourth-order valence-electron chi connectivity index (χ4n) is 3.52. The standard InChI is InChI=1S/C19H26N2O/c1-13(2)17-9-4-14(3)10-18(17)19(22)21-12-16-7-5-15(11-20)6-8-16/h5-8,13-14,17-18H,4,9-10,12H2,1-3H3,(H,21,22)/t14-,17+,18-/m1/s1. The van der Waals surface area contributed by atoms with Crippen molar-refractivity contribution in [2.24, 2.45) is 23.7 Å². The molecule has 1 aromatic carbocycles. The van der Waals surface area contributed by atoms with Gasteiger partial charge in [-0.1, -0.05) is 39.3 Å². The summed E-state index contributed by atoms with van der Waals surface area (Å²) in [7, 11) is 0. The van der Waals surface area contributed by atoms with E-state index in [0.717, 1.165) is 18.4 Å². The second kappa shape index (κ2) is 7.45. The van der Waals surface area contributed by atoms with Crippen molar-refractivity contribution in [1.82, 2.24) is 5.32 Å². The molecule has 0 bridgehead atoms. The molecule has 1 aromatic rings. The first-order valence-corrected chi connectivity index (χ1v) is 8.28. The molecule has 1 aliphatic rings. The van der Waals surface area contributed by atoms with Crippen molar-refractivity contribution in [3.8, 4) is 6.07 Å². The number of carbonyl (C=O) groups is 1. The maximum Gasteiger partial charge on any atom is 0.223 e. The van der Waals surface area contributed by atoms with E-state index in [1.54, 1.807) is 12.1 Å². The van der Waals surface area contributed by atoms with Crippen LogP contribution in [0.1, 0.15) is 51.2 Å². The molecule has 1 saturated carbocycles. The van der Waals surface area contributed by atoms with Crippen LogP contribution in [0.5, 0.6) is 0 Å². The highest BCUT2D eigenvalue weighted by Gasteiger charge is 2.35. The zero-order chi connectivity index (χ0) is 16.1. The predicted molar refractivity (Wildman–Crippen MR) is 87.8 cm³/mol. The second-order valence-corrected chi connectivity index (χ2v) is 6.96. The smallest absolute Gasteiger partial charge is 0.223 e. The van der Waals surface area contributed by atoms with Gasteiger partial charge in [0.15, 0.2) is 0 Å². The van der Waals surface area contributed by atoms with Crippen molar-refractivity contribution in [1.29, 1.82) is 5.26 Å². The average Bonchev–Trinajstić information content (AvgIpc) is 2.52. The van der Waals surface area contributed by atoms with Crippen LogP contribution in [0.15, 0.2) is 24.3 Å². The van der Waals surface area contributed by atoms with E-state index in [4.69, 9.17) is 5.26 Å². The predicted octanol–water partition coefficient (Wildman–Crippen LogP) is 3.88. The highest BCUT2D eigenvalue weighted by molar-refractivity contribution is 5.79. The molecule has 0 heterocycles. The average molecular weight is 298 g/mol. The molecule has 3 nitrogen and oxygen atoms in total. The lowest BCUT2D eigenvalue weighted by atomic mass is 9.70. The Morgan fingerprint density at radius 1 is 1.32 bits per heavy atom. The van der Waals surface area contributed by atoms with E-state index < -0.39 is 0 Å². The summed E-state index contributed by atoms with van der Waals surface area (Å²) in [6, 6.07) is 9.50. The van der Waals surface area contributed by atoms with Crippen molar-refractivity contribution in [3.05, 3.63) is 35.4 Å².